The van der Waals surface area contributed by atoms with Crippen LogP contribution >= 0.6 is 0 Å². The Kier molecular flexibility index (Phi) is 6.12. The molecule has 12 heteroatoms. The van der Waals surface area contributed by atoms with Gasteiger partial charge in [0, 0.05) is 5.69 Å². The maximum atomic E-state index is 14.3. The zero-order valence-corrected chi connectivity index (χ0v) is 17.9. The molecule has 0 saturated heterocycles. The number of ether oxygens (including phenoxy) is 1. The van der Waals surface area contributed by atoms with Crippen LogP contribution in [0.3, 0.4) is 0 Å². The number of hydrogen-bond donors (Lipinski definition) is 3. The standard InChI is InChI=1S/C23H16F5N5O2/c1-11-8-13(24)3-7-18(11)35-19-6-2-12(23(26,27)28)9-16(19)21(34)30-14-4-5-17(25)15(10-14)20-31-22(29)33-32-20/h2-10H,1H3,(H,30,34)(H3,29,31,32,33). The Labute approximate surface area is 194 Å². The topological polar surface area (TPSA) is 106 Å². The minimum absolute atomic E-state index is 0.00836. The van der Waals surface area contributed by atoms with Gasteiger partial charge in [0.05, 0.1) is 16.7 Å². The Balaban J connectivity index is 1.70. The molecule has 0 spiro atoms. The van der Waals surface area contributed by atoms with Crippen LogP contribution in [0, 0.1) is 18.6 Å². The van der Waals surface area contributed by atoms with E-state index in [9.17, 15) is 26.7 Å². The largest absolute Gasteiger partial charge is 0.456 e. The Morgan fingerprint density at radius 3 is 2.40 bits per heavy atom. The lowest BCUT2D eigenvalue weighted by molar-refractivity contribution is -0.137. The van der Waals surface area contributed by atoms with Gasteiger partial charge in [-0.2, -0.15) is 13.2 Å². The minimum atomic E-state index is -4.73. The smallest absolute Gasteiger partial charge is 0.416 e. The molecule has 1 aromatic heterocycles. The summed E-state index contributed by atoms with van der Waals surface area (Å²) >= 11 is 0. The molecular weight excluding hydrogens is 473 g/mol. The van der Waals surface area contributed by atoms with Crippen molar-refractivity contribution in [3.8, 4) is 22.9 Å². The number of aryl methyl sites for hydroxylation is 1. The van der Waals surface area contributed by atoms with Gasteiger partial charge in [0.15, 0.2) is 5.82 Å². The van der Waals surface area contributed by atoms with Gasteiger partial charge in [0.1, 0.15) is 23.1 Å². The number of carbonyl (C=O) groups excluding carboxylic acids is 1. The van der Waals surface area contributed by atoms with E-state index in [-0.39, 0.29) is 34.5 Å². The Morgan fingerprint density at radius 2 is 1.74 bits per heavy atom. The highest BCUT2D eigenvalue weighted by molar-refractivity contribution is 6.06. The second-order valence-corrected chi connectivity index (χ2v) is 7.43. The SMILES string of the molecule is Cc1cc(F)ccc1Oc1ccc(C(F)(F)F)cc1C(=O)Nc1ccc(F)c(-c2nnc(N)[nH]2)c1. The summed E-state index contributed by atoms with van der Waals surface area (Å²) in [6.45, 7) is 1.54. The Morgan fingerprint density at radius 1 is 1.00 bits per heavy atom. The van der Waals surface area contributed by atoms with E-state index in [0.717, 1.165) is 24.3 Å². The number of aromatic nitrogens is 3. The van der Waals surface area contributed by atoms with Gasteiger partial charge in [0.2, 0.25) is 5.95 Å². The molecule has 180 valence electrons. The molecule has 0 fully saturated rings. The van der Waals surface area contributed by atoms with E-state index in [1.165, 1.54) is 24.3 Å². The summed E-state index contributed by atoms with van der Waals surface area (Å²) in [5.41, 5.74) is 4.28. The van der Waals surface area contributed by atoms with E-state index in [2.05, 4.69) is 20.5 Å². The van der Waals surface area contributed by atoms with E-state index >= 15 is 0 Å². The Bertz CT molecular complexity index is 1420. The highest BCUT2D eigenvalue weighted by Crippen LogP contribution is 2.35. The maximum absolute atomic E-state index is 14.3. The fourth-order valence-electron chi connectivity index (χ4n) is 3.20. The monoisotopic (exact) mass is 489 g/mol. The molecule has 1 amide bonds. The molecule has 4 rings (SSSR count). The number of nitrogen functional groups attached to an aromatic ring is 1. The number of amides is 1. The molecule has 0 bridgehead atoms. The molecule has 7 nitrogen and oxygen atoms in total. The summed E-state index contributed by atoms with van der Waals surface area (Å²) in [4.78, 5) is 15.6. The van der Waals surface area contributed by atoms with Crippen molar-refractivity contribution in [3.63, 3.8) is 0 Å². The van der Waals surface area contributed by atoms with Crippen LogP contribution in [0.2, 0.25) is 0 Å². The van der Waals surface area contributed by atoms with Crippen LogP contribution in [0.5, 0.6) is 11.5 Å². The summed E-state index contributed by atoms with van der Waals surface area (Å²) < 4.78 is 73.3. The number of alkyl halides is 3. The first-order valence-electron chi connectivity index (χ1n) is 9.96. The summed E-state index contributed by atoms with van der Waals surface area (Å²) in [6.07, 6.45) is -4.73. The zero-order chi connectivity index (χ0) is 25.3. The third kappa shape index (κ3) is 5.21. The lowest BCUT2D eigenvalue weighted by Gasteiger charge is -2.16. The zero-order valence-electron chi connectivity index (χ0n) is 17.9. The molecule has 1 heterocycles. The number of halogens is 5. The summed E-state index contributed by atoms with van der Waals surface area (Å²) in [7, 11) is 0. The molecule has 0 aliphatic heterocycles. The number of anilines is 2. The normalized spacial score (nSPS) is 11.4. The molecule has 0 saturated carbocycles. The third-order valence-corrected chi connectivity index (χ3v) is 4.89. The van der Waals surface area contributed by atoms with E-state index in [0.29, 0.717) is 11.6 Å². The van der Waals surface area contributed by atoms with Crippen LogP contribution in [0.25, 0.3) is 11.4 Å². The van der Waals surface area contributed by atoms with Gasteiger partial charge in [0.25, 0.3) is 5.91 Å². The predicted molar refractivity (Wildman–Crippen MR) is 117 cm³/mol. The van der Waals surface area contributed by atoms with Crippen molar-refractivity contribution in [2.75, 3.05) is 11.1 Å². The molecule has 0 aliphatic carbocycles. The first kappa shape index (κ1) is 23.7. The number of benzene rings is 3. The molecule has 0 aliphatic rings. The van der Waals surface area contributed by atoms with Gasteiger partial charge in [-0.05, 0) is 67.1 Å². The minimum Gasteiger partial charge on any atom is -0.456 e. The van der Waals surface area contributed by atoms with Crippen molar-refractivity contribution in [1.82, 2.24) is 15.2 Å². The van der Waals surface area contributed by atoms with Crippen molar-refractivity contribution in [2.45, 2.75) is 13.1 Å². The lowest BCUT2D eigenvalue weighted by atomic mass is 10.1. The molecule has 0 radical (unpaired) electrons. The molecule has 0 unspecified atom stereocenters. The van der Waals surface area contributed by atoms with E-state index in [4.69, 9.17) is 10.5 Å². The van der Waals surface area contributed by atoms with E-state index < -0.39 is 34.8 Å². The maximum Gasteiger partial charge on any atom is 0.416 e. The van der Waals surface area contributed by atoms with Crippen molar-refractivity contribution in [1.29, 1.82) is 0 Å². The highest BCUT2D eigenvalue weighted by atomic mass is 19.4. The number of nitrogens with one attached hydrogen (secondary N) is 2. The average molecular weight is 489 g/mol. The first-order chi connectivity index (χ1) is 16.5. The Hall–Kier alpha value is -4.48. The number of hydrogen-bond acceptors (Lipinski definition) is 5. The predicted octanol–water partition coefficient (Wildman–Crippen LogP) is 5.70. The fourth-order valence-corrected chi connectivity index (χ4v) is 3.20. The van der Waals surface area contributed by atoms with Gasteiger partial charge in [-0.1, -0.05) is 0 Å². The number of nitrogens with zero attached hydrogens (tertiary/aromatic N) is 2. The van der Waals surface area contributed by atoms with Crippen molar-refractivity contribution < 1.29 is 31.5 Å². The highest BCUT2D eigenvalue weighted by Gasteiger charge is 2.32. The number of nitrogens with two attached hydrogens (primary N) is 1. The summed E-state index contributed by atoms with van der Waals surface area (Å²) in [5.74, 6) is -2.31. The number of carbonyl (C=O) groups is 1. The average Bonchev–Trinajstić information content (AvgIpc) is 3.22. The molecule has 4 aromatic rings. The van der Waals surface area contributed by atoms with Gasteiger partial charge >= 0.3 is 6.18 Å². The fraction of sp³-hybridized carbons (Fsp3) is 0.0870. The van der Waals surface area contributed by atoms with Crippen LogP contribution in [-0.2, 0) is 6.18 Å². The molecule has 3 aromatic carbocycles. The number of aromatic amines is 1. The number of H-pyrrole nitrogens is 1. The van der Waals surface area contributed by atoms with Crippen LogP contribution in [-0.4, -0.2) is 21.1 Å². The second kappa shape index (κ2) is 9.05. The van der Waals surface area contributed by atoms with Gasteiger partial charge in [-0.25, -0.2) is 8.78 Å². The third-order valence-electron chi connectivity index (χ3n) is 4.89. The van der Waals surface area contributed by atoms with Gasteiger partial charge in [-0.15, -0.1) is 10.2 Å². The van der Waals surface area contributed by atoms with Crippen LogP contribution < -0.4 is 15.8 Å². The van der Waals surface area contributed by atoms with E-state index in [1.807, 2.05) is 0 Å². The van der Waals surface area contributed by atoms with Crippen molar-refractivity contribution in [3.05, 3.63) is 82.9 Å². The molecule has 4 N–H and O–H groups in total. The van der Waals surface area contributed by atoms with E-state index in [1.54, 1.807) is 6.92 Å². The summed E-state index contributed by atoms with van der Waals surface area (Å²) in [5, 5.41) is 9.65. The quantitative estimate of drug-likeness (QED) is 0.312. The van der Waals surface area contributed by atoms with Crippen LogP contribution in [0.15, 0.2) is 54.6 Å². The van der Waals surface area contributed by atoms with Gasteiger partial charge < -0.3 is 20.8 Å². The number of rotatable bonds is 5. The van der Waals surface area contributed by atoms with Crippen LogP contribution in [0.4, 0.5) is 33.6 Å². The molecule has 35 heavy (non-hydrogen) atoms. The molecule has 0 atom stereocenters. The van der Waals surface area contributed by atoms with Crippen LogP contribution in [0.1, 0.15) is 21.5 Å². The second-order valence-electron chi connectivity index (χ2n) is 7.43. The van der Waals surface area contributed by atoms with Crippen molar-refractivity contribution in [2.24, 2.45) is 0 Å². The van der Waals surface area contributed by atoms with Gasteiger partial charge in [-0.3, -0.25) is 4.79 Å². The first-order valence-corrected chi connectivity index (χ1v) is 9.96. The summed E-state index contributed by atoms with van der Waals surface area (Å²) in [6, 6.07) is 9.43. The molecular formula is C23H16F5N5O2. The van der Waals surface area contributed by atoms with Crippen molar-refractivity contribution >= 4 is 17.5 Å². The lowest BCUT2D eigenvalue weighted by Crippen LogP contribution is -2.15.